The van der Waals surface area contributed by atoms with Crippen LogP contribution < -0.4 is 0 Å². The van der Waals surface area contributed by atoms with Gasteiger partial charge in [0.25, 0.3) is 0 Å². The van der Waals surface area contributed by atoms with Gasteiger partial charge in [0.15, 0.2) is 8.32 Å². The summed E-state index contributed by atoms with van der Waals surface area (Å²) in [5.41, 5.74) is 0. The van der Waals surface area contributed by atoms with Crippen LogP contribution in [0.25, 0.3) is 0 Å². The zero-order chi connectivity index (χ0) is 15.1. The first kappa shape index (κ1) is 15.7. The molecule has 1 aliphatic carbocycles. The molecule has 0 radical (unpaired) electrons. The SMILES string of the molecule is CC(C)(C)[Si](C)(C)OC[C@H]1C(=O)C[C@@H]2CC(=O)OC[C@@H]21. The van der Waals surface area contributed by atoms with Crippen LogP contribution in [0.3, 0.4) is 0 Å². The molecule has 1 saturated carbocycles. The molecule has 1 heterocycles. The monoisotopic (exact) mass is 298 g/mol. The number of fused-ring (bicyclic) bond motifs is 1. The summed E-state index contributed by atoms with van der Waals surface area (Å²) < 4.78 is 11.3. The predicted molar refractivity (Wildman–Crippen MR) is 78.8 cm³/mol. The Morgan fingerprint density at radius 3 is 2.50 bits per heavy atom. The minimum Gasteiger partial charge on any atom is -0.465 e. The summed E-state index contributed by atoms with van der Waals surface area (Å²) >= 11 is 0. The molecule has 114 valence electrons. The third-order valence-electron chi connectivity index (χ3n) is 5.29. The molecule has 0 aromatic rings. The van der Waals surface area contributed by atoms with E-state index < -0.39 is 8.32 Å². The molecule has 1 saturated heterocycles. The molecule has 2 fully saturated rings. The number of hydrogen-bond donors (Lipinski definition) is 0. The lowest BCUT2D eigenvalue weighted by Gasteiger charge is -2.37. The molecule has 0 spiro atoms. The second-order valence-corrected chi connectivity index (χ2v) is 12.5. The van der Waals surface area contributed by atoms with Crippen LogP contribution in [0.5, 0.6) is 0 Å². The molecule has 2 rings (SSSR count). The van der Waals surface area contributed by atoms with Gasteiger partial charge in [-0.15, -0.1) is 0 Å². The van der Waals surface area contributed by atoms with Crippen molar-refractivity contribution >= 4 is 20.1 Å². The van der Waals surface area contributed by atoms with Crippen molar-refractivity contribution in [2.24, 2.45) is 17.8 Å². The third-order valence-corrected chi connectivity index (χ3v) is 9.80. The van der Waals surface area contributed by atoms with E-state index in [2.05, 4.69) is 33.9 Å². The Morgan fingerprint density at radius 2 is 1.90 bits per heavy atom. The van der Waals surface area contributed by atoms with Gasteiger partial charge in [0.05, 0.1) is 6.61 Å². The van der Waals surface area contributed by atoms with E-state index in [-0.39, 0.29) is 34.5 Å². The van der Waals surface area contributed by atoms with Gasteiger partial charge >= 0.3 is 5.97 Å². The van der Waals surface area contributed by atoms with Gasteiger partial charge in [0.2, 0.25) is 0 Å². The summed E-state index contributed by atoms with van der Waals surface area (Å²) in [6.07, 6.45) is 0.915. The van der Waals surface area contributed by atoms with Crippen molar-refractivity contribution in [3.8, 4) is 0 Å². The fourth-order valence-electron chi connectivity index (χ4n) is 2.80. The molecular weight excluding hydrogens is 272 g/mol. The van der Waals surface area contributed by atoms with E-state index >= 15 is 0 Å². The number of cyclic esters (lactones) is 1. The summed E-state index contributed by atoms with van der Waals surface area (Å²) in [4.78, 5) is 23.5. The molecule has 0 aromatic carbocycles. The highest BCUT2D eigenvalue weighted by atomic mass is 28.4. The number of Topliss-reactive ketones (excluding diaryl/α,β-unsaturated/α-hetero) is 1. The number of carbonyl (C=O) groups excluding carboxylic acids is 2. The maximum atomic E-state index is 12.2. The van der Waals surface area contributed by atoms with Crippen molar-refractivity contribution in [3.63, 3.8) is 0 Å². The van der Waals surface area contributed by atoms with E-state index in [9.17, 15) is 9.59 Å². The zero-order valence-corrected chi connectivity index (χ0v) is 14.2. The first-order valence-electron chi connectivity index (χ1n) is 7.44. The molecule has 4 nitrogen and oxygen atoms in total. The van der Waals surface area contributed by atoms with Crippen molar-refractivity contribution in [2.45, 2.75) is 51.7 Å². The van der Waals surface area contributed by atoms with Crippen LogP contribution in [-0.4, -0.2) is 33.3 Å². The Hall–Kier alpha value is -0.683. The fraction of sp³-hybridized carbons (Fsp3) is 0.867. The number of hydrogen-bond acceptors (Lipinski definition) is 4. The van der Waals surface area contributed by atoms with E-state index in [0.29, 0.717) is 26.1 Å². The standard InChI is InChI=1S/C15H26O4Si/c1-15(2,3)20(4,5)19-9-12-11-8-18-14(17)7-10(11)6-13(12)16/h10-12H,6-9H2,1-5H3/t10-,11+,12-/m1/s1. The van der Waals surface area contributed by atoms with Crippen LogP contribution in [0.4, 0.5) is 0 Å². The van der Waals surface area contributed by atoms with Gasteiger partial charge in [0.1, 0.15) is 5.78 Å². The van der Waals surface area contributed by atoms with Crippen LogP contribution >= 0.6 is 0 Å². The lowest BCUT2D eigenvalue weighted by atomic mass is 9.87. The van der Waals surface area contributed by atoms with Crippen LogP contribution in [0.15, 0.2) is 0 Å². The molecule has 2 aliphatic rings. The topological polar surface area (TPSA) is 52.6 Å². The van der Waals surface area contributed by atoms with Crippen LogP contribution in [0, 0.1) is 17.8 Å². The first-order valence-corrected chi connectivity index (χ1v) is 10.3. The summed E-state index contributed by atoms with van der Waals surface area (Å²) in [7, 11) is -1.83. The Kier molecular flexibility index (Phi) is 4.13. The van der Waals surface area contributed by atoms with Gasteiger partial charge in [-0.25, -0.2) is 0 Å². The minimum atomic E-state index is -1.83. The van der Waals surface area contributed by atoms with Crippen LogP contribution in [0.2, 0.25) is 18.1 Å². The van der Waals surface area contributed by atoms with Crippen molar-refractivity contribution < 1.29 is 18.8 Å². The van der Waals surface area contributed by atoms with Gasteiger partial charge in [-0.2, -0.15) is 0 Å². The quantitative estimate of drug-likeness (QED) is 0.594. The highest BCUT2D eigenvalue weighted by Crippen LogP contribution is 2.42. The average molecular weight is 298 g/mol. The maximum absolute atomic E-state index is 12.2. The van der Waals surface area contributed by atoms with E-state index in [1.165, 1.54) is 0 Å². The number of rotatable bonds is 3. The molecular formula is C15H26O4Si. The van der Waals surface area contributed by atoms with Gasteiger partial charge in [-0.1, -0.05) is 20.8 Å². The summed E-state index contributed by atoms with van der Waals surface area (Å²) in [6.45, 7) is 11.9. The van der Waals surface area contributed by atoms with Gasteiger partial charge in [-0.05, 0) is 24.1 Å². The molecule has 0 aromatic heterocycles. The smallest absolute Gasteiger partial charge is 0.306 e. The molecule has 0 N–H and O–H groups in total. The molecule has 0 bridgehead atoms. The largest absolute Gasteiger partial charge is 0.465 e. The van der Waals surface area contributed by atoms with Crippen molar-refractivity contribution in [1.29, 1.82) is 0 Å². The fourth-order valence-corrected chi connectivity index (χ4v) is 3.83. The second-order valence-electron chi connectivity index (χ2n) is 7.66. The third kappa shape index (κ3) is 2.98. The molecule has 20 heavy (non-hydrogen) atoms. The first-order chi connectivity index (χ1) is 9.12. The Labute approximate surface area is 122 Å². The predicted octanol–water partition coefficient (Wildman–Crippen LogP) is 2.78. The summed E-state index contributed by atoms with van der Waals surface area (Å²) in [6, 6.07) is 0. The number of carbonyl (C=O) groups is 2. The van der Waals surface area contributed by atoms with Crippen molar-refractivity contribution in [3.05, 3.63) is 0 Å². The van der Waals surface area contributed by atoms with Gasteiger partial charge in [0, 0.05) is 31.3 Å². The van der Waals surface area contributed by atoms with E-state index in [0.717, 1.165) is 0 Å². The molecule has 0 unspecified atom stereocenters. The summed E-state index contributed by atoms with van der Waals surface area (Å²) in [5.74, 6) is 0.353. The lowest BCUT2D eigenvalue weighted by molar-refractivity contribution is -0.153. The van der Waals surface area contributed by atoms with E-state index in [1.54, 1.807) is 0 Å². The number of esters is 1. The van der Waals surface area contributed by atoms with Crippen LogP contribution in [-0.2, 0) is 18.8 Å². The normalized spacial score (nSPS) is 31.1. The van der Waals surface area contributed by atoms with Crippen molar-refractivity contribution in [2.75, 3.05) is 13.2 Å². The summed E-state index contributed by atoms with van der Waals surface area (Å²) in [5, 5.41) is 0.146. The molecule has 3 atom stereocenters. The van der Waals surface area contributed by atoms with Gasteiger partial charge in [-0.3, -0.25) is 9.59 Å². The Balaban J connectivity index is 1.99. The van der Waals surface area contributed by atoms with Crippen molar-refractivity contribution in [1.82, 2.24) is 0 Å². The number of ether oxygens (including phenoxy) is 1. The van der Waals surface area contributed by atoms with E-state index in [1.807, 2.05) is 0 Å². The Morgan fingerprint density at radius 1 is 1.25 bits per heavy atom. The maximum Gasteiger partial charge on any atom is 0.306 e. The lowest BCUT2D eigenvalue weighted by Crippen LogP contribution is -2.43. The Bertz CT molecular complexity index is 411. The molecule has 1 aliphatic heterocycles. The second kappa shape index (κ2) is 5.26. The van der Waals surface area contributed by atoms with Crippen LogP contribution in [0.1, 0.15) is 33.6 Å². The molecule has 0 amide bonds. The molecule has 5 heteroatoms. The number of ketones is 1. The van der Waals surface area contributed by atoms with Gasteiger partial charge < -0.3 is 9.16 Å². The highest BCUT2D eigenvalue weighted by molar-refractivity contribution is 6.74. The highest BCUT2D eigenvalue weighted by Gasteiger charge is 2.47. The minimum absolute atomic E-state index is 0.0813. The average Bonchev–Trinajstić information content (AvgIpc) is 2.59. The zero-order valence-electron chi connectivity index (χ0n) is 13.2. The van der Waals surface area contributed by atoms with E-state index in [4.69, 9.17) is 9.16 Å².